The van der Waals surface area contributed by atoms with Crippen LogP contribution in [-0.4, -0.2) is 35.6 Å². The number of benzene rings is 2. The Bertz CT molecular complexity index is 1250. The van der Waals surface area contributed by atoms with Crippen LogP contribution in [0.3, 0.4) is 0 Å². The zero-order valence-electron chi connectivity index (χ0n) is 16.3. The topological polar surface area (TPSA) is 74.1 Å². The first kappa shape index (κ1) is 18.1. The number of pyridine rings is 1. The molecule has 4 aromatic rings. The van der Waals surface area contributed by atoms with Crippen LogP contribution in [0.15, 0.2) is 67.0 Å². The van der Waals surface area contributed by atoms with Gasteiger partial charge in [0.1, 0.15) is 24.6 Å². The predicted molar refractivity (Wildman–Crippen MR) is 113 cm³/mol. The number of para-hydroxylation sites is 1. The van der Waals surface area contributed by atoms with Crippen molar-refractivity contribution in [2.75, 3.05) is 25.6 Å². The molecule has 1 N–H and O–H groups in total. The van der Waals surface area contributed by atoms with E-state index in [-0.39, 0.29) is 5.91 Å². The summed E-state index contributed by atoms with van der Waals surface area (Å²) < 4.78 is 18.4. The standard InChI is InChI=1S/C23H19N3O4/c1-28-19-5-3-2-4-17(19)23(27)24-16-7-9-22-25-18(14-26(22)13-16)15-6-8-20-21(12-15)30-11-10-29-20/h2-9,12-14H,10-11H2,1H3,(H,24,27). The Hall–Kier alpha value is -4.00. The lowest BCUT2D eigenvalue weighted by molar-refractivity contribution is 0.102. The second-order valence-corrected chi connectivity index (χ2v) is 6.82. The Labute approximate surface area is 172 Å². The highest BCUT2D eigenvalue weighted by Gasteiger charge is 2.15. The van der Waals surface area contributed by atoms with Crippen LogP contribution in [-0.2, 0) is 0 Å². The van der Waals surface area contributed by atoms with E-state index >= 15 is 0 Å². The van der Waals surface area contributed by atoms with Crippen molar-refractivity contribution in [3.8, 4) is 28.5 Å². The van der Waals surface area contributed by atoms with Crippen molar-refractivity contribution in [2.45, 2.75) is 0 Å². The van der Waals surface area contributed by atoms with Crippen LogP contribution in [0.2, 0.25) is 0 Å². The van der Waals surface area contributed by atoms with Gasteiger partial charge >= 0.3 is 0 Å². The van der Waals surface area contributed by atoms with Crippen molar-refractivity contribution < 1.29 is 19.0 Å². The lowest BCUT2D eigenvalue weighted by Crippen LogP contribution is -2.15. The fraction of sp³-hybridized carbons (Fsp3) is 0.130. The lowest BCUT2D eigenvalue weighted by atomic mass is 10.1. The number of methoxy groups -OCH3 is 1. The molecule has 0 aliphatic carbocycles. The van der Waals surface area contributed by atoms with Crippen LogP contribution in [0, 0.1) is 0 Å². The maximum absolute atomic E-state index is 12.7. The third-order valence-corrected chi connectivity index (χ3v) is 4.90. The summed E-state index contributed by atoms with van der Waals surface area (Å²) in [6, 6.07) is 16.6. The summed E-state index contributed by atoms with van der Waals surface area (Å²) in [7, 11) is 1.54. The fourth-order valence-corrected chi connectivity index (χ4v) is 3.44. The van der Waals surface area contributed by atoms with Gasteiger partial charge in [0.25, 0.3) is 5.91 Å². The van der Waals surface area contributed by atoms with Gasteiger partial charge in [-0.25, -0.2) is 4.98 Å². The Morgan fingerprint density at radius 3 is 2.73 bits per heavy atom. The summed E-state index contributed by atoms with van der Waals surface area (Å²) in [6.07, 6.45) is 3.75. The second-order valence-electron chi connectivity index (χ2n) is 6.82. The Balaban J connectivity index is 1.42. The lowest BCUT2D eigenvalue weighted by Gasteiger charge is -2.18. The molecule has 1 aliphatic rings. The summed E-state index contributed by atoms with van der Waals surface area (Å²) in [6.45, 7) is 1.10. The van der Waals surface area contributed by atoms with E-state index in [2.05, 4.69) is 10.3 Å². The molecule has 1 aliphatic heterocycles. The van der Waals surface area contributed by atoms with Crippen LogP contribution >= 0.6 is 0 Å². The predicted octanol–water partition coefficient (Wildman–Crippen LogP) is 4.03. The molecule has 0 saturated heterocycles. The molecule has 0 atom stereocenters. The number of ether oxygens (including phenoxy) is 3. The van der Waals surface area contributed by atoms with E-state index in [0.29, 0.717) is 30.2 Å². The Morgan fingerprint density at radius 1 is 1.03 bits per heavy atom. The smallest absolute Gasteiger partial charge is 0.259 e. The SMILES string of the molecule is COc1ccccc1C(=O)Nc1ccc2nc(-c3ccc4c(c3)OCCO4)cn2c1. The molecule has 2 aromatic heterocycles. The second kappa shape index (κ2) is 7.44. The van der Waals surface area contributed by atoms with Gasteiger partial charge in [-0.15, -0.1) is 0 Å². The average molecular weight is 401 g/mol. The minimum atomic E-state index is -0.237. The summed E-state index contributed by atoms with van der Waals surface area (Å²) in [5.74, 6) is 1.76. The van der Waals surface area contributed by atoms with Crippen molar-refractivity contribution >= 4 is 17.2 Å². The molecular formula is C23H19N3O4. The molecule has 150 valence electrons. The van der Waals surface area contributed by atoms with Gasteiger partial charge in [0.05, 0.1) is 24.1 Å². The van der Waals surface area contributed by atoms with E-state index in [9.17, 15) is 4.79 Å². The minimum absolute atomic E-state index is 0.237. The van der Waals surface area contributed by atoms with Crippen molar-refractivity contribution in [3.63, 3.8) is 0 Å². The molecule has 0 saturated carbocycles. The number of amides is 1. The first-order chi connectivity index (χ1) is 14.7. The average Bonchev–Trinajstić information content (AvgIpc) is 3.22. The molecule has 1 amide bonds. The van der Waals surface area contributed by atoms with Crippen molar-refractivity contribution in [2.24, 2.45) is 0 Å². The van der Waals surface area contributed by atoms with E-state index in [1.165, 1.54) is 0 Å². The zero-order chi connectivity index (χ0) is 20.5. The molecule has 30 heavy (non-hydrogen) atoms. The number of hydrogen-bond donors (Lipinski definition) is 1. The summed E-state index contributed by atoms with van der Waals surface area (Å²) in [4.78, 5) is 17.3. The van der Waals surface area contributed by atoms with E-state index in [1.54, 1.807) is 25.3 Å². The summed E-state index contributed by atoms with van der Waals surface area (Å²) >= 11 is 0. The molecule has 0 unspecified atom stereocenters. The molecular weight excluding hydrogens is 382 g/mol. The van der Waals surface area contributed by atoms with Gasteiger partial charge < -0.3 is 23.9 Å². The number of fused-ring (bicyclic) bond motifs is 2. The third kappa shape index (κ3) is 3.30. The molecule has 0 radical (unpaired) electrons. The molecule has 7 nitrogen and oxygen atoms in total. The highest BCUT2D eigenvalue weighted by Crippen LogP contribution is 2.34. The summed E-state index contributed by atoms with van der Waals surface area (Å²) in [5, 5.41) is 2.91. The highest BCUT2D eigenvalue weighted by atomic mass is 16.6. The normalized spacial score (nSPS) is 12.6. The van der Waals surface area contributed by atoms with Gasteiger partial charge in [-0.2, -0.15) is 0 Å². The largest absolute Gasteiger partial charge is 0.496 e. The highest BCUT2D eigenvalue weighted by molar-refractivity contribution is 6.06. The maximum Gasteiger partial charge on any atom is 0.259 e. The van der Waals surface area contributed by atoms with Crippen LogP contribution in [0.25, 0.3) is 16.9 Å². The van der Waals surface area contributed by atoms with Crippen LogP contribution in [0.4, 0.5) is 5.69 Å². The number of carbonyl (C=O) groups is 1. The zero-order valence-corrected chi connectivity index (χ0v) is 16.3. The van der Waals surface area contributed by atoms with Crippen molar-refractivity contribution in [1.82, 2.24) is 9.38 Å². The fourth-order valence-electron chi connectivity index (χ4n) is 3.44. The minimum Gasteiger partial charge on any atom is -0.496 e. The number of rotatable bonds is 4. The Kier molecular flexibility index (Phi) is 4.48. The molecule has 0 bridgehead atoms. The number of carbonyl (C=O) groups excluding carboxylic acids is 1. The molecule has 7 heteroatoms. The van der Waals surface area contributed by atoms with Gasteiger partial charge in [0.15, 0.2) is 11.5 Å². The van der Waals surface area contributed by atoms with Gasteiger partial charge in [-0.05, 0) is 42.5 Å². The van der Waals surface area contributed by atoms with Crippen LogP contribution < -0.4 is 19.5 Å². The van der Waals surface area contributed by atoms with E-state index in [0.717, 1.165) is 28.4 Å². The number of hydrogen-bond acceptors (Lipinski definition) is 5. The quantitative estimate of drug-likeness (QED) is 0.559. The number of aromatic nitrogens is 2. The Morgan fingerprint density at radius 2 is 1.87 bits per heavy atom. The van der Waals surface area contributed by atoms with E-state index < -0.39 is 0 Å². The molecule has 2 aromatic carbocycles. The van der Waals surface area contributed by atoms with Gasteiger partial charge in [0.2, 0.25) is 0 Å². The van der Waals surface area contributed by atoms with Crippen molar-refractivity contribution in [1.29, 1.82) is 0 Å². The van der Waals surface area contributed by atoms with E-state index in [1.807, 2.05) is 53.2 Å². The van der Waals surface area contributed by atoms with Crippen LogP contribution in [0.5, 0.6) is 17.2 Å². The van der Waals surface area contributed by atoms with Crippen LogP contribution in [0.1, 0.15) is 10.4 Å². The maximum atomic E-state index is 12.7. The number of nitrogens with zero attached hydrogens (tertiary/aromatic N) is 2. The molecule has 0 spiro atoms. The van der Waals surface area contributed by atoms with Gasteiger partial charge in [-0.1, -0.05) is 12.1 Å². The van der Waals surface area contributed by atoms with Gasteiger partial charge in [-0.3, -0.25) is 4.79 Å². The van der Waals surface area contributed by atoms with E-state index in [4.69, 9.17) is 14.2 Å². The molecule has 5 rings (SSSR count). The first-order valence-corrected chi connectivity index (χ1v) is 9.54. The third-order valence-electron chi connectivity index (χ3n) is 4.90. The number of nitrogens with one attached hydrogen (secondary N) is 1. The molecule has 3 heterocycles. The number of imidazole rings is 1. The number of anilines is 1. The van der Waals surface area contributed by atoms with Gasteiger partial charge in [0, 0.05) is 18.0 Å². The molecule has 0 fully saturated rings. The monoisotopic (exact) mass is 401 g/mol. The first-order valence-electron chi connectivity index (χ1n) is 9.54. The summed E-state index contributed by atoms with van der Waals surface area (Å²) in [5.41, 5.74) is 3.64. The van der Waals surface area contributed by atoms with Crippen molar-refractivity contribution in [3.05, 3.63) is 72.6 Å².